The van der Waals surface area contributed by atoms with Crippen LogP contribution in [-0.2, 0) is 0 Å². The Kier molecular flexibility index (Phi) is 3.07. The topological polar surface area (TPSA) is 61.6 Å². The second-order valence-corrected chi connectivity index (χ2v) is 4.98. The molecule has 1 aromatic rings. The molecule has 1 aromatic carbocycles. The van der Waals surface area contributed by atoms with Crippen molar-refractivity contribution in [3.63, 3.8) is 0 Å². The highest BCUT2D eigenvalue weighted by Crippen LogP contribution is 2.32. The third-order valence-electron chi connectivity index (χ3n) is 2.69. The lowest BCUT2D eigenvalue weighted by molar-refractivity contribution is 0.0972. The highest BCUT2D eigenvalue weighted by Gasteiger charge is 2.18. The largest absolute Gasteiger partial charge is 0.454 e. The monoisotopic (exact) mass is 235 g/mol. The number of carbonyl (C=O) groups excluding carboxylic acids is 1. The van der Waals surface area contributed by atoms with Crippen LogP contribution in [0.2, 0.25) is 0 Å². The van der Waals surface area contributed by atoms with Crippen LogP contribution in [0.25, 0.3) is 0 Å². The zero-order chi connectivity index (χ0) is 12.5. The van der Waals surface area contributed by atoms with E-state index in [4.69, 9.17) is 15.2 Å². The van der Waals surface area contributed by atoms with E-state index in [1.807, 2.05) is 13.8 Å². The van der Waals surface area contributed by atoms with Crippen molar-refractivity contribution in [1.29, 1.82) is 0 Å². The van der Waals surface area contributed by atoms with E-state index in [0.717, 1.165) is 0 Å². The van der Waals surface area contributed by atoms with Gasteiger partial charge in [-0.1, -0.05) is 0 Å². The Morgan fingerprint density at radius 1 is 1.35 bits per heavy atom. The van der Waals surface area contributed by atoms with Crippen LogP contribution in [0, 0.1) is 0 Å². The summed E-state index contributed by atoms with van der Waals surface area (Å²) in [5.41, 5.74) is 6.19. The molecule has 0 amide bonds. The highest BCUT2D eigenvalue weighted by molar-refractivity contribution is 5.96. The van der Waals surface area contributed by atoms with Crippen molar-refractivity contribution in [2.45, 2.75) is 32.2 Å². The molecular weight excluding hydrogens is 218 g/mol. The SMILES string of the molecule is CC(C)(N)CCC(=O)c1ccc2c(c1)OCO2. The Hall–Kier alpha value is -1.55. The number of carbonyl (C=O) groups is 1. The molecule has 0 aromatic heterocycles. The fourth-order valence-corrected chi connectivity index (χ4v) is 1.65. The van der Waals surface area contributed by atoms with E-state index in [1.165, 1.54) is 0 Å². The van der Waals surface area contributed by atoms with E-state index in [1.54, 1.807) is 18.2 Å². The van der Waals surface area contributed by atoms with Crippen molar-refractivity contribution >= 4 is 5.78 Å². The fourth-order valence-electron chi connectivity index (χ4n) is 1.65. The molecule has 0 radical (unpaired) electrons. The highest BCUT2D eigenvalue weighted by atomic mass is 16.7. The van der Waals surface area contributed by atoms with Gasteiger partial charge in [-0.3, -0.25) is 4.79 Å². The zero-order valence-electron chi connectivity index (χ0n) is 10.2. The molecule has 2 rings (SSSR count). The third kappa shape index (κ3) is 2.97. The number of fused-ring (bicyclic) bond motifs is 1. The molecule has 0 unspecified atom stereocenters. The second-order valence-electron chi connectivity index (χ2n) is 4.98. The van der Waals surface area contributed by atoms with Crippen molar-refractivity contribution < 1.29 is 14.3 Å². The van der Waals surface area contributed by atoms with Crippen LogP contribution in [-0.4, -0.2) is 18.1 Å². The molecule has 17 heavy (non-hydrogen) atoms. The van der Waals surface area contributed by atoms with Crippen molar-refractivity contribution in [2.24, 2.45) is 5.73 Å². The van der Waals surface area contributed by atoms with Gasteiger partial charge in [-0.2, -0.15) is 0 Å². The summed E-state index contributed by atoms with van der Waals surface area (Å²) in [6.45, 7) is 4.06. The van der Waals surface area contributed by atoms with Crippen LogP contribution >= 0.6 is 0 Å². The van der Waals surface area contributed by atoms with Gasteiger partial charge in [-0.25, -0.2) is 0 Å². The van der Waals surface area contributed by atoms with E-state index < -0.39 is 0 Å². The van der Waals surface area contributed by atoms with Gasteiger partial charge in [0, 0.05) is 17.5 Å². The van der Waals surface area contributed by atoms with Gasteiger partial charge in [0.2, 0.25) is 6.79 Å². The molecule has 0 aliphatic carbocycles. The number of benzene rings is 1. The number of hydrogen-bond acceptors (Lipinski definition) is 4. The molecule has 0 fully saturated rings. The lowest BCUT2D eigenvalue weighted by atomic mass is 9.96. The Bertz CT molecular complexity index is 435. The molecule has 0 saturated carbocycles. The Morgan fingerprint density at radius 3 is 2.76 bits per heavy atom. The van der Waals surface area contributed by atoms with Crippen LogP contribution in [0.5, 0.6) is 11.5 Å². The van der Waals surface area contributed by atoms with Crippen LogP contribution < -0.4 is 15.2 Å². The molecular formula is C13H17NO3. The number of nitrogens with two attached hydrogens (primary N) is 1. The molecule has 2 N–H and O–H groups in total. The standard InChI is InChI=1S/C13H17NO3/c1-13(2,14)6-5-10(15)9-3-4-11-12(7-9)17-8-16-11/h3-4,7H,5-6,8,14H2,1-2H3. The predicted molar refractivity (Wildman–Crippen MR) is 64.4 cm³/mol. The summed E-state index contributed by atoms with van der Waals surface area (Å²) in [6, 6.07) is 5.26. The first-order chi connectivity index (χ1) is 7.96. The van der Waals surface area contributed by atoms with E-state index >= 15 is 0 Å². The number of ether oxygens (including phenoxy) is 2. The quantitative estimate of drug-likeness (QED) is 0.812. The number of hydrogen-bond donors (Lipinski definition) is 1. The van der Waals surface area contributed by atoms with Gasteiger partial charge >= 0.3 is 0 Å². The number of rotatable bonds is 4. The smallest absolute Gasteiger partial charge is 0.231 e. The normalized spacial score (nSPS) is 13.8. The van der Waals surface area contributed by atoms with Crippen LogP contribution in [0.1, 0.15) is 37.0 Å². The summed E-state index contributed by atoms with van der Waals surface area (Å²) in [5.74, 6) is 1.42. The van der Waals surface area contributed by atoms with Crippen LogP contribution in [0.4, 0.5) is 0 Å². The second kappa shape index (κ2) is 4.37. The lowest BCUT2D eigenvalue weighted by Crippen LogP contribution is -2.32. The van der Waals surface area contributed by atoms with Crippen LogP contribution in [0.15, 0.2) is 18.2 Å². The first kappa shape index (κ1) is 11.9. The number of ketones is 1. The van der Waals surface area contributed by atoms with Gasteiger partial charge in [0.25, 0.3) is 0 Å². The molecule has 1 aliphatic rings. The van der Waals surface area contributed by atoms with E-state index in [-0.39, 0.29) is 18.1 Å². The summed E-state index contributed by atoms with van der Waals surface area (Å²) in [6.07, 6.45) is 1.11. The van der Waals surface area contributed by atoms with Crippen molar-refractivity contribution in [1.82, 2.24) is 0 Å². The average Bonchev–Trinajstić information content (AvgIpc) is 2.71. The lowest BCUT2D eigenvalue weighted by Gasteiger charge is -2.17. The Morgan fingerprint density at radius 2 is 2.06 bits per heavy atom. The Balaban J connectivity index is 2.05. The molecule has 0 saturated heterocycles. The average molecular weight is 235 g/mol. The molecule has 0 bridgehead atoms. The Labute approximate surface area is 101 Å². The van der Waals surface area contributed by atoms with Gasteiger partial charge in [-0.15, -0.1) is 0 Å². The van der Waals surface area contributed by atoms with Crippen molar-refractivity contribution in [3.05, 3.63) is 23.8 Å². The molecule has 1 aliphatic heterocycles. The summed E-state index contributed by atoms with van der Waals surface area (Å²) < 4.78 is 10.4. The first-order valence-electron chi connectivity index (χ1n) is 5.67. The maximum Gasteiger partial charge on any atom is 0.231 e. The van der Waals surface area contributed by atoms with Gasteiger partial charge < -0.3 is 15.2 Å². The predicted octanol–water partition coefficient (Wildman–Crippen LogP) is 2.12. The van der Waals surface area contributed by atoms with Crippen LogP contribution in [0.3, 0.4) is 0 Å². The maximum absolute atomic E-state index is 11.9. The zero-order valence-corrected chi connectivity index (χ0v) is 10.2. The van der Waals surface area contributed by atoms with Crippen molar-refractivity contribution in [2.75, 3.05) is 6.79 Å². The molecule has 0 atom stereocenters. The summed E-state index contributed by atoms with van der Waals surface area (Å²) >= 11 is 0. The van der Waals surface area contributed by atoms with E-state index in [2.05, 4.69) is 0 Å². The van der Waals surface area contributed by atoms with E-state index in [9.17, 15) is 4.79 Å². The molecule has 92 valence electrons. The number of Topliss-reactive ketones (excluding diaryl/α,β-unsaturated/α-hetero) is 1. The van der Waals surface area contributed by atoms with E-state index in [0.29, 0.717) is 29.9 Å². The van der Waals surface area contributed by atoms with Gasteiger partial charge in [0.05, 0.1) is 0 Å². The maximum atomic E-state index is 11.9. The van der Waals surface area contributed by atoms with Gasteiger partial charge in [-0.05, 0) is 38.5 Å². The minimum absolute atomic E-state index is 0.0850. The van der Waals surface area contributed by atoms with Gasteiger partial charge in [0.1, 0.15) is 0 Å². The molecule has 0 spiro atoms. The minimum atomic E-state index is -0.313. The summed E-state index contributed by atoms with van der Waals surface area (Å²) in [5, 5.41) is 0. The fraction of sp³-hybridized carbons (Fsp3) is 0.462. The first-order valence-corrected chi connectivity index (χ1v) is 5.67. The molecule has 1 heterocycles. The summed E-state index contributed by atoms with van der Waals surface area (Å²) in [4.78, 5) is 11.9. The van der Waals surface area contributed by atoms with Gasteiger partial charge in [0.15, 0.2) is 17.3 Å². The summed E-state index contributed by atoms with van der Waals surface area (Å²) in [7, 11) is 0. The third-order valence-corrected chi connectivity index (χ3v) is 2.69. The minimum Gasteiger partial charge on any atom is -0.454 e. The molecule has 4 heteroatoms. The van der Waals surface area contributed by atoms with Crippen molar-refractivity contribution in [3.8, 4) is 11.5 Å². The molecule has 4 nitrogen and oxygen atoms in total.